The van der Waals surface area contributed by atoms with Gasteiger partial charge in [0.25, 0.3) is 0 Å². The highest BCUT2D eigenvalue weighted by atomic mass is 16.2. The molecule has 0 radical (unpaired) electrons. The third-order valence-electron chi connectivity index (χ3n) is 5.77. The van der Waals surface area contributed by atoms with Crippen LogP contribution in [-0.4, -0.2) is 14.3 Å². The van der Waals surface area contributed by atoms with E-state index in [1.807, 2.05) is 28.8 Å². The fourth-order valence-electron chi connectivity index (χ4n) is 4.33. The SMILES string of the molecule is O=c1n(C2CC(c3ccccc3)C2)nc2n1[C@H](c1ccccc1)CC2. The van der Waals surface area contributed by atoms with Crippen LogP contribution in [0.3, 0.4) is 0 Å². The Labute approximate surface area is 146 Å². The topological polar surface area (TPSA) is 39.8 Å². The van der Waals surface area contributed by atoms with Crippen molar-refractivity contribution in [3.8, 4) is 0 Å². The highest BCUT2D eigenvalue weighted by molar-refractivity contribution is 5.24. The Bertz CT molecular complexity index is 936. The molecule has 5 rings (SSSR count). The first-order valence-corrected chi connectivity index (χ1v) is 9.11. The highest BCUT2D eigenvalue weighted by Gasteiger charge is 2.36. The van der Waals surface area contributed by atoms with E-state index >= 15 is 0 Å². The molecule has 4 nitrogen and oxygen atoms in total. The van der Waals surface area contributed by atoms with Crippen LogP contribution in [0, 0.1) is 0 Å². The Morgan fingerprint density at radius 2 is 1.52 bits per heavy atom. The summed E-state index contributed by atoms with van der Waals surface area (Å²) in [6.45, 7) is 0. The first kappa shape index (κ1) is 14.7. The van der Waals surface area contributed by atoms with Crippen molar-refractivity contribution < 1.29 is 0 Å². The van der Waals surface area contributed by atoms with Gasteiger partial charge < -0.3 is 0 Å². The van der Waals surface area contributed by atoms with Gasteiger partial charge in [-0.25, -0.2) is 9.48 Å². The molecular weight excluding hydrogens is 310 g/mol. The van der Waals surface area contributed by atoms with Gasteiger partial charge in [-0.3, -0.25) is 4.57 Å². The second-order valence-electron chi connectivity index (χ2n) is 7.21. The quantitative estimate of drug-likeness (QED) is 0.734. The van der Waals surface area contributed by atoms with Crippen LogP contribution in [0.4, 0.5) is 0 Å². The number of fused-ring (bicyclic) bond motifs is 1. The number of hydrogen-bond acceptors (Lipinski definition) is 2. The van der Waals surface area contributed by atoms with Crippen molar-refractivity contribution in [1.82, 2.24) is 14.3 Å². The maximum absolute atomic E-state index is 13.0. The van der Waals surface area contributed by atoms with Crippen LogP contribution in [0.5, 0.6) is 0 Å². The van der Waals surface area contributed by atoms with Gasteiger partial charge in [-0.05, 0) is 36.3 Å². The van der Waals surface area contributed by atoms with E-state index in [0.717, 1.165) is 31.5 Å². The molecule has 0 unspecified atom stereocenters. The number of hydrogen-bond donors (Lipinski definition) is 0. The molecule has 126 valence electrons. The van der Waals surface area contributed by atoms with E-state index < -0.39 is 0 Å². The lowest BCUT2D eigenvalue weighted by molar-refractivity contribution is 0.236. The highest BCUT2D eigenvalue weighted by Crippen LogP contribution is 2.44. The van der Waals surface area contributed by atoms with Crippen molar-refractivity contribution in [3.05, 3.63) is 88.1 Å². The zero-order chi connectivity index (χ0) is 16.8. The van der Waals surface area contributed by atoms with Gasteiger partial charge in [0.05, 0.1) is 12.1 Å². The Hall–Kier alpha value is -2.62. The minimum Gasteiger partial charge on any atom is -0.271 e. The summed E-state index contributed by atoms with van der Waals surface area (Å²) in [5.41, 5.74) is 2.65. The first-order chi connectivity index (χ1) is 12.3. The monoisotopic (exact) mass is 331 g/mol. The third-order valence-corrected chi connectivity index (χ3v) is 5.77. The van der Waals surface area contributed by atoms with E-state index in [-0.39, 0.29) is 17.8 Å². The van der Waals surface area contributed by atoms with Crippen molar-refractivity contribution in [2.45, 2.75) is 43.7 Å². The van der Waals surface area contributed by atoms with Crippen LogP contribution in [0.25, 0.3) is 0 Å². The van der Waals surface area contributed by atoms with E-state index in [1.54, 1.807) is 4.68 Å². The second-order valence-corrected chi connectivity index (χ2v) is 7.21. The zero-order valence-corrected chi connectivity index (χ0v) is 14.1. The average molecular weight is 331 g/mol. The Balaban J connectivity index is 1.40. The molecule has 4 heteroatoms. The lowest BCUT2D eigenvalue weighted by Crippen LogP contribution is -2.35. The predicted molar refractivity (Wildman–Crippen MR) is 96.8 cm³/mol. The first-order valence-electron chi connectivity index (χ1n) is 9.11. The molecule has 1 aliphatic carbocycles. The van der Waals surface area contributed by atoms with Crippen molar-refractivity contribution in [2.24, 2.45) is 0 Å². The Morgan fingerprint density at radius 1 is 0.880 bits per heavy atom. The number of rotatable bonds is 3. The fourth-order valence-corrected chi connectivity index (χ4v) is 4.33. The summed E-state index contributed by atoms with van der Waals surface area (Å²) in [6.07, 6.45) is 3.88. The molecule has 0 spiro atoms. The number of aromatic nitrogens is 3. The summed E-state index contributed by atoms with van der Waals surface area (Å²) in [5.74, 6) is 1.50. The molecule has 2 aliphatic rings. The van der Waals surface area contributed by atoms with E-state index in [1.165, 1.54) is 11.1 Å². The van der Waals surface area contributed by atoms with Crippen LogP contribution >= 0.6 is 0 Å². The normalized spacial score (nSPS) is 24.7. The molecule has 1 saturated carbocycles. The zero-order valence-electron chi connectivity index (χ0n) is 14.1. The molecule has 0 bridgehead atoms. The summed E-state index contributed by atoms with van der Waals surface area (Å²) in [6, 6.07) is 21.3. The molecule has 3 aromatic rings. The maximum Gasteiger partial charge on any atom is 0.346 e. The van der Waals surface area contributed by atoms with Gasteiger partial charge in [0.15, 0.2) is 0 Å². The van der Waals surface area contributed by atoms with Crippen molar-refractivity contribution >= 4 is 0 Å². The predicted octanol–water partition coefficient (Wildman–Crippen LogP) is 3.70. The van der Waals surface area contributed by atoms with E-state index in [2.05, 4.69) is 41.5 Å². The lowest BCUT2D eigenvalue weighted by Gasteiger charge is -2.35. The van der Waals surface area contributed by atoms with Gasteiger partial charge in [-0.2, -0.15) is 5.10 Å². The van der Waals surface area contributed by atoms with Gasteiger partial charge in [0.1, 0.15) is 5.82 Å². The summed E-state index contributed by atoms with van der Waals surface area (Å²) >= 11 is 0. The second kappa shape index (κ2) is 5.73. The van der Waals surface area contributed by atoms with Crippen molar-refractivity contribution in [1.29, 1.82) is 0 Å². The molecule has 0 saturated heterocycles. The van der Waals surface area contributed by atoms with Gasteiger partial charge in [0.2, 0.25) is 0 Å². The summed E-state index contributed by atoms with van der Waals surface area (Å²) < 4.78 is 3.68. The summed E-state index contributed by atoms with van der Waals surface area (Å²) in [7, 11) is 0. The summed E-state index contributed by atoms with van der Waals surface area (Å²) in [5, 5.41) is 4.68. The van der Waals surface area contributed by atoms with E-state index in [9.17, 15) is 4.79 Å². The molecular formula is C21H21N3O. The Kier molecular flexibility index (Phi) is 3.37. The minimum absolute atomic E-state index is 0.0675. The standard InChI is InChI=1S/C21H21N3O/c25-21-23-19(16-9-5-2-6-10-16)11-12-20(23)22-24(21)18-13-17(14-18)15-7-3-1-4-8-15/h1-10,17-19H,11-14H2/t17?,18?,19-/m0/s1. The van der Waals surface area contributed by atoms with Crippen LogP contribution in [0.1, 0.15) is 54.2 Å². The molecule has 1 fully saturated rings. The van der Waals surface area contributed by atoms with Crippen LogP contribution < -0.4 is 5.69 Å². The maximum atomic E-state index is 13.0. The van der Waals surface area contributed by atoms with Gasteiger partial charge in [-0.15, -0.1) is 0 Å². The summed E-state index contributed by atoms with van der Waals surface area (Å²) in [4.78, 5) is 13.0. The Morgan fingerprint density at radius 3 is 2.20 bits per heavy atom. The average Bonchev–Trinajstić information content (AvgIpc) is 3.17. The molecule has 2 aromatic carbocycles. The van der Waals surface area contributed by atoms with Crippen LogP contribution in [0.2, 0.25) is 0 Å². The molecule has 0 N–H and O–H groups in total. The number of nitrogens with zero attached hydrogens (tertiary/aromatic N) is 3. The van der Waals surface area contributed by atoms with Gasteiger partial charge in [-0.1, -0.05) is 60.7 Å². The lowest BCUT2D eigenvalue weighted by atomic mass is 9.76. The number of aryl methyl sites for hydroxylation is 1. The molecule has 1 aliphatic heterocycles. The molecule has 1 atom stereocenters. The third kappa shape index (κ3) is 2.36. The smallest absolute Gasteiger partial charge is 0.271 e. The van der Waals surface area contributed by atoms with Gasteiger partial charge >= 0.3 is 5.69 Å². The van der Waals surface area contributed by atoms with E-state index in [0.29, 0.717) is 5.92 Å². The molecule has 1 aromatic heterocycles. The number of benzene rings is 2. The minimum atomic E-state index is 0.0675. The van der Waals surface area contributed by atoms with E-state index in [4.69, 9.17) is 0 Å². The van der Waals surface area contributed by atoms with Crippen LogP contribution in [-0.2, 0) is 6.42 Å². The van der Waals surface area contributed by atoms with Crippen molar-refractivity contribution in [3.63, 3.8) is 0 Å². The molecule has 2 heterocycles. The molecule has 25 heavy (non-hydrogen) atoms. The largest absolute Gasteiger partial charge is 0.346 e. The van der Waals surface area contributed by atoms with Crippen molar-refractivity contribution in [2.75, 3.05) is 0 Å². The van der Waals surface area contributed by atoms with Gasteiger partial charge in [0, 0.05) is 6.42 Å². The van der Waals surface area contributed by atoms with Crippen LogP contribution in [0.15, 0.2) is 65.5 Å². The molecule has 0 amide bonds. The fraction of sp³-hybridized carbons (Fsp3) is 0.333.